The number of carbonyl (C=O) groups is 4. The van der Waals surface area contributed by atoms with Gasteiger partial charge in [0, 0.05) is 45.9 Å². The number of nitrogens with one attached hydrogen (secondary N) is 1. The van der Waals surface area contributed by atoms with Crippen LogP contribution in [0.4, 0.5) is 0 Å². The van der Waals surface area contributed by atoms with Gasteiger partial charge in [-0.25, -0.2) is 0 Å². The Morgan fingerprint density at radius 2 is 1.51 bits per heavy atom. The number of carbonyl (C=O) groups excluding carboxylic acids is 4. The Morgan fingerprint density at radius 1 is 0.867 bits per heavy atom. The van der Waals surface area contributed by atoms with E-state index < -0.39 is 17.6 Å². The number of ether oxygens (including phenoxy) is 1. The van der Waals surface area contributed by atoms with Crippen molar-refractivity contribution in [2.45, 2.75) is 64.1 Å². The molecule has 240 valence electrons. The monoisotopic (exact) mass is 614 g/mol. The van der Waals surface area contributed by atoms with Crippen LogP contribution in [0.5, 0.6) is 0 Å². The first kappa shape index (κ1) is 35.0. The minimum atomic E-state index is -0.880. The molecule has 3 aromatic carbocycles. The van der Waals surface area contributed by atoms with Gasteiger partial charge in [0.15, 0.2) is 0 Å². The molecule has 3 amide bonds. The van der Waals surface area contributed by atoms with Crippen molar-refractivity contribution < 1.29 is 23.9 Å². The molecule has 3 aromatic rings. The number of nitrogens with zero attached hydrogens (tertiary/aromatic N) is 2. The molecule has 3 rings (SSSR count). The normalized spacial score (nSPS) is 12.8. The Hall–Kier alpha value is -4.50. The number of amides is 3. The van der Waals surface area contributed by atoms with Crippen molar-refractivity contribution >= 4 is 34.5 Å². The van der Waals surface area contributed by atoms with E-state index in [2.05, 4.69) is 5.32 Å². The largest absolute Gasteiger partial charge is 0.466 e. The zero-order chi connectivity index (χ0) is 33.0. The lowest BCUT2D eigenvalue weighted by Gasteiger charge is -2.34. The maximum atomic E-state index is 14.3. The van der Waals surface area contributed by atoms with E-state index in [0.29, 0.717) is 12.8 Å². The highest BCUT2D eigenvalue weighted by Gasteiger charge is 2.34. The first-order valence-corrected chi connectivity index (χ1v) is 15.3. The van der Waals surface area contributed by atoms with Crippen molar-refractivity contribution in [2.75, 3.05) is 27.2 Å². The highest BCUT2D eigenvalue weighted by Crippen LogP contribution is 2.20. The predicted octanol–water partition coefficient (Wildman–Crippen LogP) is 4.03. The molecule has 0 fully saturated rings. The SMILES string of the molecule is CC(=O)OCCCNC(=O)[C@@H](Cc1ccccc1)N(C)C(=O)[C@@H](Cc1ccc2ccccc2c1)N(C)C(=O)C=CCC(C)(C)N. The number of likely N-dealkylation sites (N-methyl/N-ethyl adjacent to an activating group) is 2. The molecular weight excluding hydrogens is 568 g/mol. The first-order valence-electron chi connectivity index (χ1n) is 15.3. The van der Waals surface area contributed by atoms with Crippen molar-refractivity contribution in [3.05, 3.63) is 96.1 Å². The molecule has 2 atom stereocenters. The number of fused-ring (bicyclic) bond motifs is 1. The molecule has 0 aliphatic heterocycles. The van der Waals surface area contributed by atoms with Crippen molar-refractivity contribution in [1.82, 2.24) is 15.1 Å². The number of esters is 1. The average Bonchev–Trinajstić information content (AvgIpc) is 3.00. The number of nitrogens with two attached hydrogens (primary N) is 1. The summed E-state index contributed by atoms with van der Waals surface area (Å²) in [6.07, 6.45) is 4.65. The number of hydrogen-bond acceptors (Lipinski definition) is 6. The number of hydrogen-bond donors (Lipinski definition) is 2. The molecule has 0 heterocycles. The van der Waals surface area contributed by atoms with Crippen LogP contribution < -0.4 is 11.1 Å². The minimum absolute atomic E-state index is 0.184. The highest BCUT2D eigenvalue weighted by atomic mass is 16.5. The third kappa shape index (κ3) is 11.2. The molecule has 0 unspecified atom stereocenters. The second-order valence-corrected chi connectivity index (χ2v) is 12.1. The predicted molar refractivity (Wildman–Crippen MR) is 177 cm³/mol. The number of rotatable bonds is 15. The maximum Gasteiger partial charge on any atom is 0.302 e. The van der Waals surface area contributed by atoms with Crippen molar-refractivity contribution in [3.8, 4) is 0 Å². The third-order valence-corrected chi connectivity index (χ3v) is 7.56. The fourth-order valence-corrected chi connectivity index (χ4v) is 4.96. The molecule has 9 heteroatoms. The molecule has 0 aromatic heterocycles. The average molecular weight is 615 g/mol. The topological polar surface area (TPSA) is 122 Å². The van der Waals surface area contributed by atoms with E-state index >= 15 is 0 Å². The van der Waals surface area contributed by atoms with Crippen LogP contribution in [0.2, 0.25) is 0 Å². The van der Waals surface area contributed by atoms with Crippen LogP contribution in [0, 0.1) is 0 Å². The summed E-state index contributed by atoms with van der Waals surface area (Å²) in [5.41, 5.74) is 7.39. The Kier molecular flexibility index (Phi) is 12.9. The van der Waals surface area contributed by atoms with Crippen molar-refractivity contribution in [3.63, 3.8) is 0 Å². The Balaban J connectivity index is 1.90. The maximum absolute atomic E-state index is 14.3. The molecular formula is C36H46N4O5. The lowest BCUT2D eigenvalue weighted by molar-refractivity contribution is -0.146. The zero-order valence-corrected chi connectivity index (χ0v) is 27.0. The van der Waals surface area contributed by atoms with Crippen LogP contribution in [0.1, 0.15) is 44.7 Å². The summed E-state index contributed by atoms with van der Waals surface area (Å²) >= 11 is 0. The van der Waals surface area contributed by atoms with E-state index in [1.807, 2.05) is 86.6 Å². The van der Waals surface area contributed by atoms with Crippen LogP contribution in [0.15, 0.2) is 84.9 Å². The third-order valence-electron chi connectivity index (χ3n) is 7.56. The van der Waals surface area contributed by atoms with Gasteiger partial charge < -0.3 is 25.6 Å². The van der Waals surface area contributed by atoms with Gasteiger partial charge in [0.25, 0.3) is 0 Å². The van der Waals surface area contributed by atoms with Gasteiger partial charge in [-0.05, 0) is 54.7 Å². The van der Waals surface area contributed by atoms with E-state index in [0.717, 1.165) is 21.9 Å². The van der Waals surface area contributed by atoms with Crippen LogP contribution >= 0.6 is 0 Å². The molecule has 0 radical (unpaired) electrons. The molecule has 0 saturated carbocycles. The molecule has 0 spiro atoms. The fourth-order valence-electron chi connectivity index (χ4n) is 4.96. The van der Waals surface area contributed by atoms with Crippen molar-refractivity contribution in [1.29, 1.82) is 0 Å². The van der Waals surface area contributed by atoms with Gasteiger partial charge in [-0.15, -0.1) is 0 Å². The smallest absolute Gasteiger partial charge is 0.302 e. The standard InChI is InChI=1S/C36H46N4O5/c1-26(41)45-22-12-21-38-34(43)31(24-27-13-7-6-8-14-27)40(5)35(44)32(39(4)33(42)17-11-20-36(2,3)37)25-28-18-19-29-15-9-10-16-30(29)23-28/h6-11,13-19,23,31-32H,12,20-22,24-25,37H2,1-5H3,(H,38,43)/t31-,32-/m1/s1. The summed E-state index contributed by atoms with van der Waals surface area (Å²) in [6, 6.07) is 21.7. The second kappa shape index (κ2) is 16.5. The molecule has 45 heavy (non-hydrogen) atoms. The quantitative estimate of drug-likeness (QED) is 0.151. The van der Waals surface area contributed by atoms with Gasteiger partial charge >= 0.3 is 5.97 Å². The lowest BCUT2D eigenvalue weighted by atomic mass is 9.98. The second-order valence-electron chi connectivity index (χ2n) is 12.1. The summed E-state index contributed by atoms with van der Waals surface area (Å²) in [7, 11) is 3.21. The van der Waals surface area contributed by atoms with E-state index in [4.69, 9.17) is 10.5 Å². The van der Waals surface area contributed by atoms with E-state index in [1.54, 1.807) is 20.2 Å². The molecule has 0 aliphatic rings. The Labute approximate surface area is 266 Å². The summed E-state index contributed by atoms with van der Waals surface area (Å²) in [5, 5.41) is 4.99. The fraction of sp³-hybridized carbons (Fsp3) is 0.389. The highest BCUT2D eigenvalue weighted by molar-refractivity contribution is 5.95. The summed E-state index contributed by atoms with van der Waals surface area (Å²) in [4.78, 5) is 55.2. The molecule has 0 saturated heterocycles. The molecule has 3 N–H and O–H groups in total. The molecule has 0 aliphatic carbocycles. The summed E-state index contributed by atoms with van der Waals surface area (Å²) < 4.78 is 4.97. The van der Waals surface area contributed by atoms with Crippen LogP contribution in [-0.2, 0) is 36.8 Å². The molecule has 0 bridgehead atoms. The first-order chi connectivity index (χ1) is 21.4. The van der Waals surface area contributed by atoms with Gasteiger partial charge in [0.1, 0.15) is 12.1 Å². The van der Waals surface area contributed by atoms with Gasteiger partial charge in [0.05, 0.1) is 6.61 Å². The van der Waals surface area contributed by atoms with Crippen LogP contribution in [0.3, 0.4) is 0 Å². The Bertz CT molecular complexity index is 1480. The Morgan fingerprint density at radius 3 is 2.18 bits per heavy atom. The van der Waals surface area contributed by atoms with Crippen LogP contribution in [0.25, 0.3) is 10.8 Å². The van der Waals surface area contributed by atoms with Gasteiger partial charge in [-0.2, -0.15) is 0 Å². The van der Waals surface area contributed by atoms with Gasteiger partial charge in [-0.3, -0.25) is 19.2 Å². The summed E-state index contributed by atoms with van der Waals surface area (Å²) in [6.45, 7) is 5.55. The zero-order valence-electron chi connectivity index (χ0n) is 27.0. The molecule has 9 nitrogen and oxygen atoms in total. The van der Waals surface area contributed by atoms with Gasteiger partial charge in [-0.1, -0.05) is 78.9 Å². The minimum Gasteiger partial charge on any atom is -0.466 e. The van der Waals surface area contributed by atoms with E-state index in [-0.39, 0.29) is 49.7 Å². The summed E-state index contributed by atoms with van der Waals surface area (Å²) in [5.74, 6) is -1.41. The van der Waals surface area contributed by atoms with E-state index in [9.17, 15) is 19.2 Å². The van der Waals surface area contributed by atoms with E-state index in [1.165, 1.54) is 22.8 Å². The van der Waals surface area contributed by atoms with Gasteiger partial charge in [0.2, 0.25) is 17.7 Å². The van der Waals surface area contributed by atoms with Crippen LogP contribution in [-0.4, -0.2) is 78.4 Å². The number of benzene rings is 3. The lowest BCUT2D eigenvalue weighted by Crippen LogP contribution is -2.56. The van der Waals surface area contributed by atoms with Crippen molar-refractivity contribution in [2.24, 2.45) is 5.73 Å².